The van der Waals surface area contributed by atoms with Crippen molar-refractivity contribution < 1.29 is 0 Å². The summed E-state index contributed by atoms with van der Waals surface area (Å²) in [6.45, 7) is 3.51. The van der Waals surface area contributed by atoms with Gasteiger partial charge in [0.25, 0.3) is 0 Å². The molecule has 0 aliphatic carbocycles. The highest BCUT2D eigenvalue weighted by atomic mass is 15.2. The molecule has 1 aromatic rings. The lowest BCUT2D eigenvalue weighted by molar-refractivity contribution is 0.450. The van der Waals surface area contributed by atoms with Crippen LogP contribution < -0.4 is 4.90 Å². The molecule has 1 saturated heterocycles. The van der Waals surface area contributed by atoms with Crippen molar-refractivity contribution in [1.82, 2.24) is 0 Å². The maximum atomic E-state index is 3.08. The quantitative estimate of drug-likeness (QED) is 0.688. The fourth-order valence-corrected chi connectivity index (χ4v) is 2.33. The molecule has 1 heteroatoms. The largest absolute Gasteiger partial charge is 0.369 e. The summed E-state index contributed by atoms with van der Waals surface area (Å²) in [7, 11) is 0. The van der Waals surface area contributed by atoms with Crippen LogP contribution in [0.25, 0.3) is 0 Å². The molecule has 75 valence electrons. The number of piperidine rings is 1. The molecule has 1 heterocycles. The molecule has 2 rings (SSSR count). The van der Waals surface area contributed by atoms with Crippen molar-refractivity contribution in [2.75, 3.05) is 11.4 Å². The van der Waals surface area contributed by atoms with Crippen LogP contribution in [0.5, 0.6) is 0 Å². The first-order valence-corrected chi connectivity index (χ1v) is 5.64. The minimum absolute atomic E-state index is 0.756. The smallest absolute Gasteiger partial charge is 0.0369 e. The van der Waals surface area contributed by atoms with Crippen LogP contribution in [0.2, 0.25) is 0 Å². The van der Waals surface area contributed by atoms with Gasteiger partial charge in [0.15, 0.2) is 0 Å². The molecule has 0 saturated carbocycles. The van der Waals surface area contributed by atoms with Crippen LogP contribution >= 0.6 is 0 Å². The Morgan fingerprint density at radius 3 is 2.86 bits per heavy atom. The van der Waals surface area contributed by atoms with E-state index in [-0.39, 0.29) is 0 Å². The topological polar surface area (TPSA) is 3.24 Å². The number of nitrogens with zero attached hydrogens (tertiary/aromatic N) is 1. The molecule has 1 atom stereocenters. The van der Waals surface area contributed by atoms with Crippen molar-refractivity contribution in [3.8, 4) is 0 Å². The second-order valence-electron chi connectivity index (χ2n) is 4.01. The molecule has 0 amide bonds. The number of rotatable bonds is 2. The Balaban J connectivity index is 2.15. The second kappa shape index (κ2) is 4.50. The average molecular weight is 188 g/mol. The molecule has 1 aromatic carbocycles. The molecule has 0 aromatic heterocycles. The fourth-order valence-electron chi connectivity index (χ4n) is 2.33. The Bertz CT molecular complexity index is 268. The van der Waals surface area contributed by atoms with Gasteiger partial charge in [0.1, 0.15) is 0 Å². The van der Waals surface area contributed by atoms with Crippen LogP contribution in [0.1, 0.15) is 32.6 Å². The molecule has 1 aliphatic heterocycles. The van der Waals surface area contributed by atoms with Crippen LogP contribution in [0, 0.1) is 6.07 Å². The summed E-state index contributed by atoms with van der Waals surface area (Å²) < 4.78 is 0. The zero-order chi connectivity index (χ0) is 9.80. The maximum absolute atomic E-state index is 3.08. The first-order valence-electron chi connectivity index (χ1n) is 5.64. The van der Waals surface area contributed by atoms with Crippen molar-refractivity contribution in [2.45, 2.75) is 38.6 Å². The van der Waals surface area contributed by atoms with Gasteiger partial charge in [0, 0.05) is 18.3 Å². The Labute approximate surface area is 86.7 Å². The van der Waals surface area contributed by atoms with Crippen molar-refractivity contribution in [3.63, 3.8) is 0 Å². The van der Waals surface area contributed by atoms with Crippen LogP contribution in [0.3, 0.4) is 0 Å². The lowest BCUT2D eigenvalue weighted by atomic mass is 9.99. The minimum atomic E-state index is 0.756. The van der Waals surface area contributed by atoms with Gasteiger partial charge in [-0.15, -0.1) is 0 Å². The highest BCUT2D eigenvalue weighted by Gasteiger charge is 2.20. The fraction of sp³-hybridized carbons (Fsp3) is 0.538. The number of anilines is 1. The summed E-state index contributed by atoms with van der Waals surface area (Å²) in [5, 5.41) is 0. The molecule has 1 radical (unpaired) electrons. The standard InChI is InChI=1S/C13H18N/c1-2-12-8-6-7-11-14(12)13-9-4-3-5-10-13/h4-5,9-10,12H,2,6-8,11H2,1H3/t12-/m0/s1. The third kappa shape index (κ3) is 1.92. The van der Waals surface area contributed by atoms with Gasteiger partial charge in [-0.2, -0.15) is 0 Å². The summed E-state index contributed by atoms with van der Waals surface area (Å²) in [4.78, 5) is 2.55. The van der Waals surface area contributed by atoms with E-state index in [1.807, 2.05) is 12.1 Å². The molecule has 0 bridgehead atoms. The van der Waals surface area contributed by atoms with E-state index in [9.17, 15) is 0 Å². The summed E-state index contributed by atoms with van der Waals surface area (Å²) >= 11 is 0. The van der Waals surface area contributed by atoms with Gasteiger partial charge < -0.3 is 4.90 Å². The lowest BCUT2D eigenvalue weighted by Crippen LogP contribution is -2.39. The minimum Gasteiger partial charge on any atom is -0.369 e. The van der Waals surface area contributed by atoms with Crippen LogP contribution in [0.15, 0.2) is 24.3 Å². The predicted octanol–water partition coefficient (Wildman–Crippen LogP) is 3.26. The van der Waals surface area contributed by atoms with Crippen LogP contribution in [0.4, 0.5) is 5.69 Å². The Morgan fingerprint density at radius 1 is 1.36 bits per heavy atom. The second-order valence-corrected chi connectivity index (χ2v) is 4.01. The third-order valence-electron chi connectivity index (χ3n) is 3.13. The van der Waals surface area contributed by atoms with Crippen LogP contribution in [-0.4, -0.2) is 12.6 Å². The Morgan fingerprint density at radius 2 is 2.14 bits per heavy atom. The van der Waals surface area contributed by atoms with Crippen molar-refractivity contribution >= 4 is 5.69 Å². The predicted molar refractivity (Wildman–Crippen MR) is 60.6 cm³/mol. The zero-order valence-electron chi connectivity index (χ0n) is 8.87. The first-order chi connectivity index (χ1) is 6.92. The summed E-state index contributed by atoms with van der Waals surface area (Å²) in [5.74, 6) is 0. The van der Waals surface area contributed by atoms with E-state index in [0.29, 0.717) is 0 Å². The van der Waals surface area contributed by atoms with Gasteiger partial charge in [0.05, 0.1) is 0 Å². The molecule has 0 spiro atoms. The summed E-state index contributed by atoms with van der Waals surface area (Å²) in [6, 6.07) is 12.2. The van der Waals surface area contributed by atoms with Crippen molar-refractivity contribution in [2.24, 2.45) is 0 Å². The summed E-state index contributed by atoms with van der Waals surface area (Å²) in [6.07, 6.45) is 5.36. The van der Waals surface area contributed by atoms with E-state index in [1.54, 1.807) is 0 Å². The van der Waals surface area contributed by atoms with Gasteiger partial charge in [-0.05, 0) is 43.9 Å². The first kappa shape index (κ1) is 9.57. The van der Waals surface area contributed by atoms with E-state index in [1.165, 1.54) is 37.9 Å². The Hall–Kier alpha value is -0.980. The molecule has 1 nitrogen and oxygen atoms in total. The number of benzene rings is 1. The van der Waals surface area contributed by atoms with E-state index in [4.69, 9.17) is 0 Å². The third-order valence-corrected chi connectivity index (χ3v) is 3.13. The normalized spacial score (nSPS) is 22.4. The van der Waals surface area contributed by atoms with Gasteiger partial charge in [0.2, 0.25) is 0 Å². The number of hydrogen-bond acceptors (Lipinski definition) is 1. The van der Waals surface area contributed by atoms with Gasteiger partial charge in [-0.1, -0.05) is 19.1 Å². The van der Waals surface area contributed by atoms with Gasteiger partial charge in [-0.25, -0.2) is 0 Å². The summed E-state index contributed by atoms with van der Waals surface area (Å²) in [5.41, 5.74) is 1.37. The molecule has 14 heavy (non-hydrogen) atoms. The molecule has 0 N–H and O–H groups in total. The Kier molecular flexibility index (Phi) is 3.07. The van der Waals surface area contributed by atoms with Gasteiger partial charge in [-0.3, -0.25) is 0 Å². The van der Waals surface area contributed by atoms with E-state index in [0.717, 1.165) is 6.04 Å². The van der Waals surface area contributed by atoms with E-state index in [2.05, 4.69) is 30.0 Å². The SMILES string of the molecule is CC[C@H]1CCCCN1c1cc[c]cc1. The highest BCUT2D eigenvalue weighted by molar-refractivity contribution is 5.47. The van der Waals surface area contributed by atoms with Crippen molar-refractivity contribution in [1.29, 1.82) is 0 Å². The zero-order valence-corrected chi connectivity index (χ0v) is 8.87. The van der Waals surface area contributed by atoms with Gasteiger partial charge >= 0.3 is 0 Å². The lowest BCUT2D eigenvalue weighted by Gasteiger charge is -2.37. The molecule has 1 fully saturated rings. The van der Waals surface area contributed by atoms with E-state index >= 15 is 0 Å². The monoisotopic (exact) mass is 188 g/mol. The van der Waals surface area contributed by atoms with Crippen LogP contribution in [-0.2, 0) is 0 Å². The van der Waals surface area contributed by atoms with Crippen molar-refractivity contribution in [3.05, 3.63) is 30.3 Å². The molecular formula is C13H18N. The number of hydrogen-bond donors (Lipinski definition) is 0. The molecule has 0 unspecified atom stereocenters. The maximum Gasteiger partial charge on any atom is 0.0369 e. The van der Waals surface area contributed by atoms with E-state index < -0.39 is 0 Å². The molecular weight excluding hydrogens is 170 g/mol. The average Bonchev–Trinajstić information content (AvgIpc) is 2.30. The molecule has 1 aliphatic rings. The highest BCUT2D eigenvalue weighted by Crippen LogP contribution is 2.25.